The molecule has 0 saturated carbocycles. The van der Waals surface area contributed by atoms with Gasteiger partial charge in [0.15, 0.2) is 0 Å². The molecular formula is C14H32O2Si. The van der Waals surface area contributed by atoms with Crippen LogP contribution >= 0.6 is 0 Å². The van der Waals surface area contributed by atoms with E-state index in [0.29, 0.717) is 5.54 Å². The Kier molecular flexibility index (Phi) is 9.12. The van der Waals surface area contributed by atoms with E-state index in [9.17, 15) is 0 Å². The van der Waals surface area contributed by atoms with Crippen molar-refractivity contribution in [3.63, 3.8) is 0 Å². The monoisotopic (exact) mass is 260 g/mol. The van der Waals surface area contributed by atoms with E-state index >= 15 is 0 Å². The van der Waals surface area contributed by atoms with E-state index < -0.39 is 9.28 Å². The number of hydrogen-bond acceptors (Lipinski definition) is 2. The first-order valence-electron chi connectivity index (χ1n) is 6.41. The summed E-state index contributed by atoms with van der Waals surface area (Å²) < 4.78 is 12.2. The molecule has 104 valence electrons. The van der Waals surface area contributed by atoms with Gasteiger partial charge < -0.3 is 8.85 Å². The summed E-state index contributed by atoms with van der Waals surface area (Å²) >= 11 is 0. The lowest BCUT2D eigenvalue weighted by Gasteiger charge is -2.34. The fourth-order valence-corrected chi connectivity index (χ4v) is 3.44. The summed E-state index contributed by atoms with van der Waals surface area (Å²) in [7, 11) is -1.58. The zero-order valence-corrected chi connectivity index (χ0v) is 14.2. The molecule has 0 aliphatic carbocycles. The Bertz CT molecular complexity index is 175. The summed E-state index contributed by atoms with van der Waals surface area (Å²) in [6.45, 7) is 23.0. The maximum absolute atomic E-state index is 6.08. The van der Waals surface area contributed by atoms with Gasteiger partial charge >= 0.3 is 9.28 Å². The van der Waals surface area contributed by atoms with Crippen molar-refractivity contribution in [3.05, 3.63) is 13.2 Å². The highest BCUT2D eigenvalue weighted by molar-refractivity contribution is 6.46. The van der Waals surface area contributed by atoms with Crippen LogP contribution in [0.3, 0.4) is 0 Å². The molecule has 0 aromatic carbocycles. The standard InChI is InChI=1S/C12H28O2Si.C2H4/c1-9-10(2)15(13-11(3,4)5)14-12(6,7)8;1-2/h10,15H,9H2,1-8H3;1-2H2. The first-order valence-corrected chi connectivity index (χ1v) is 8.02. The predicted molar refractivity (Wildman–Crippen MR) is 79.8 cm³/mol. The van der Waals surface area contributed by atoms with Gasteiger partial charge in [0, 0.05) is 11.2 Å². The second-order valence-electron chi connectivity index (χ2n) is 6.21. The Balaban J connectivity index is 0. The predicted octanol–water partition coefficient (Wildman–Crippen LogP) is 4.44. The Labute approximate surface area is 110 Å². The zero-order chi connectivity index (χ0) is 14.3. The molecule has 1 atom stereocenters. The average molecular weight is 260 g/mol. The van der Waals surface area contributed by atoms with Gasteiger partial charge in [-0.05, 0) is 47.1 Å². The van der Waals surface area contributed by atoms with Crippen molar-refractivity contribution >= 4 is 9.28 Å². The average Bonchev–Trinajstić information content (AvgIpc) is 2.14. The summed E-state index contributed by atoms with van der Waals surface area (Å²) in [5.41, 5.74) is 0.375. The molecule has 0 heterocycles. The van der Waals surface area contributed by atoms with E-state index in [-0.39, 0.29) is 11.2 Å². The molecule has 0 aromatic heterocycles. The highest BCUT2D eigenvalue weighted by Crippen LogP contribution is 2.24. The van der Waals surface area contributed by atoms with Gasteiger partial charge in [0.1, 0.15) is 0 Å². The Morgan fingerprint density at radius 1 is 0.941 bits per heavy atom. The van der Waals surface area contributed by atoms with Crippen molar-refractivity contribution in [2.24, 2.45) is 0 Å². The molecule has 1 unspecified atom stereocenters. The molecule has 0 amide bonds. The summed E-state index contributed by atoms with van der Waals surface area (Å²) in [5, 5.41) is 0. The van der Waals surface area contributed by atoms with Crippen LogP contribution in [-0.2, 0) is 8.85 Å². The number of hydrogen-bond donors (Lipinski definition) is 0. The topological polar surface area (TPSA) is 18.5 Å². The van der Waals surface area contributed by atoms with Gasteiger partial charge in [-0.25, -0.2) is 0 Å². The first-order chi connectivity index (χ1) is 7.55. The molecule has 0 rings (SSSR count). The van der Waals surface area contributed by atoms with Gasteiger partial charge in [-0.1, -0.05) is 20.3 Å². The van der Waals surface area contributed by atoms with E-state index in [1.165, 1.54) is 0 Å². The molecule has 0 aromatic rings. The molecule has 0 radical (unpaired) electrons. The van der Waals surface area contributed by atoms with Crippen molar-refractivity contribution in [1.82, 2.24) is 0 Å². The number of rotatable bonds is 4. The molecule has 0 aliphatic rings. The van der Waals surface area contributed by atoms with E-state index in [0.717, 1.165) is 6.42 Å². The highest BCUT2D eigenvalue weighted by Gasteiger charge is 2.30. The van der Waals surface area contributed by atoms with Crippen LogP contribution in [0.5, 0.6) is 0 Å². The van der Waals surface area contributed by atoms with Crippen LogP contribution in [-0.4, -0.2) is 20.5 Å². The molecule has 2 nitrogen and oxygen atoms in total. The van der Waals surface area contributed by atoms with Crippen molar-refractivity contribution < 1.29 is 8.85 Å². The minimum Gasteiger partial charge on any atom is -0.391 e. The van der Waals surface area contributed by atoms with Gasteiger partial charge in [0.2, 0.25) is 0 Å². The summed E-state index contributed by atoms with van der Waals surface area (Å²) in [5.74, 6) is 0. The smallest absolute Gasteiger partial charge is 0.325 e. The molecule has 3 heteroatoms. The second-order valence-corrected chi connectivity index (χ2v) is 8.56. The van der Waals surface area contributed by atoms with Crippen LogP contribution in [0.25, 0.3) is 0 Å². The largest absolute Gasteiger partial charge is 0.391 e. The quantitative estimate of drug-likeness (QED) is 0.549. The molecule has 0 N–H and O–H groups in total. The van der Waals surface area contributed by atoms with Crippen LogP contribution in [0, 0.1) is 0 Å². The lowest BCUT2D eigenvalue weighted by molar-refractivity contribution is 0.0294. The van der Waals surface area contributed by atoms with Crippen LogP contribution in [0.1, 0.15) is 61.8 Å². The van der Waals surface area contributed by atoms with Crippen LogP contribution in [0.15, 0.2) is 13.2 Å². The molecule has 0 spiro atoms. The zero-order valence-electron chi connectivity index (χ0n) is 13.1. The normalized spacial score (nSPS) is 14.2. The fourth-order valence-electron chi connectivity index (χ4n) is 1.15. The van der Waals surface area contributed by atoms with E-state index in [2.05, 4.69) is 68.5 Å². The summed E-state index contributed by atoms with van der Waals surface area (Å²) in [4.78, 5) is 0. The Morgan fingerprint density at radius 3 is 1.41 bits per heavy atom. The van der Waals surface area contributed by atoms with Crippen LogP contribution in [0.4, 0.5) is 0 Å². The van der Waals surface area contributed by atoms with Gasteiger partial charge in [0.05, 0.1) is 0 Å². The first kappa shape index (κ1) is 19.2. The van der Waals surface area contributed by atoms with Crippen LogP contribution in [0.2, 0.25) is 5.54 Å². The highest BCUT2D eigenvalue weighted by atomic mass is 28.3. The SMILES string of the molecule is C=C.CCC(C)[SiH](OC(C)(C)C)OC(C)(C)C. The molecule has 17 heavy (non-hydrogen) atoms. The molecule has 0 aliphatic heterocycles. The second kappa shape index (κ2) is 8.06. The van der Waals surface area contributed by atoms with E-state index in [1.807, 2.05) is 0 Å². The van der Waals surface area contributed by atoms with Gasteiger partial charge in [-0.3, -0.25) is 0 Å². The fraction of sp³-hybridized carbons (Fsp3) is 0.857. The molecule has 0 fully saturated rings. The molecule has 0 bridgehead atoms. The third-order valence-corrected chi connectivity index (χ3v) is 5.33. The van der Waals surface area contributed by atoms with E-state index in [4.69, 9.17) is 8.85 Å². The van der Waals surface area contributed by atoms with Gasteiger partial charge in [0.25, 0.3) is 0 Å². The lowest BCUT2D eigenvalue weighted by atomic mass is 10.2. The van der Waals surface area contributed by atoms with Gasteiger partial charge in [-0.2, -0.15) is 0 Å². The minimum atomic E-state index is -1.58. The van der Waals surface area contributed by atoms with Crippen molar-refractivity contribution in [2.45, 2.75) is 78.6 Å². The molecular weight excluding hydrogens is 228 g/mol. The lowest BCUT2D eigenvalue weighted by Crippen LogP contribution is -2.41. The third-order valence-electron chi connectivity index (χ3n) is 2.05. The van der Waals surface area contributed by atoms with Crippen molar-refractivity contribution in [2.75, 3.05) is 0 Å². The summed E-state index contributed by atoms with van der Waals surface area (Å²) in [6.07, 6.45) is 1.13. The maximum atomic E-state index is 6.08. The Hall–Kier alpha value is -0.123. The van der Waals surface area contributed by atoms with Crippen molar-refractivity contribution in [3.8, 4) is 0 Å². The van der Waals surface area contributed by atoms with Crippen LogP contribution < -0.4 is 0 Å². The minimum absolute atomic E-state index is 0.0917. The maximum Gasteiger partial charge on any atom is 0.325 e. The van der Waals surface area contributed by atoms with Crippen molar-refractivity contribution in [1.29, 1.82) is 0 Å². The van der Waals surface area contributed by atoms with Gasteiger partial charge in [-0.15, -0.1) is 13.2 Å². The van der Waals surface area contributed by atoms with E-state index in [1.54, 1.807) is 0 Å². The third kappa shape index (κ3) is 12.1. The molecule has 0 saturated heterocycles. The Morgan fingerprint density at radius 2 is 1.24 bits per heavy atom. The summed E-state index contributed by atoms with van der Waals surface area (Å²) in [6, 6.07) is 0.